The quantitative estimate of drug-likeness (QED) is 0.885. The fraction of sp³-hybridized carbons (Fsp3) is 0.600. The Hall–Kier alpha value is -0.610. The summed E-state index contributed by atoms with van der Waals surface area (Å²) in [6.45, 7) is 0. The van der Waals surface area contributed by atoms with E-state index in [-0.39, 0.29) is 12.0 Å². The Kier molecular flexibility index (Phi) is 5.64. The number of rotatable bonds is 5. The second-order valence-corrected chi connectivity index (χ2v) is 6.50. The fourth-order valence-corrected chi connectivity index (χ4v) is 3.78. The first-order valence-electron chi connectivity index (χ1n) is 6.89. The monoisotopic (exact) mass is 286 g/mol. The Bertz CT molecular complexity index is 405. The second-order valence-electron chi connectivity index (χ2n) is 5.16. The predicted octanol–water partition coefficient (Wildman–Crippen LogP) is 3.93. The average Bonchev–Trinajstić information content (AvgIpc) is 2.43. The van der Waals surface area contributed by atoms with E-state index in [2.05, 4.69) is 0 Å². The van der Waals surface area contributed by atoms with Gasteiger partial charge in [-0.1, -0.05) is 31.4 Å². The van der Waals surface area contributed by atoms with E-state index in [1.807, 2.05) is 0 Å². The Morgan fingerprint density at radius 3 is 2.68 bits per heavy atom. The Morgan fingerprint density at radius 2 is 1.95 bits per heavy atom. The minimum Gasteiger partial charge on any atom is -0.392 e. The molecule has 0 amide bonds. The van der Waals surface area contributed by atoms with Crippen molar-refractivity contribution < 1.29 is 13.9 Å². The highest BCUT2D eigenvalue weighted by Gasteiger charge is 2.17. The van der Waals surface area contributed by atoms with Crippen LogP contribution in [0.25, 0.3) is 0 Å². The van der Waals surface area contributed by atoms with Crippen molar-refractivity contribution in [1.29, 1.82) is 0 Å². The van der Waals surface area contributed by atoms with E-state index in [1.165, 1.54) is 44.2 Å². The van der Waals surface area contributed by atoms with Crippen molar-refractivity contribution in [2.24, 2.45) is 0 Å². The largest absolute Gasteiger partial charge is 0.392 e. The van der Waals surface area contributed by atoms with Crippen molar-refractivity contribution in [1.82, 2.24) is 0 Å². The molecule has 0 radical (unpaired) electrons. The molecule has 1 aliphatic carbocycles. The molecule has 2 rings (SSSR count). The third-order valence-corrected chi connectivity index (χ3v) is 5.08. The van der Waals surface area contributed by atoms with Gasteiger partial charge in [-0.15, -0.1) is 0 Å². The second kappa shape index (κ2) is 7.25. The highest BCUT2D eigenvalue weighted by molar-refractivity contribution is 7.99. The molecule has 1 aromatic carbocycles. The number of hydrogen-bond donors (Lipinski definition) is 1. The van der Waals surface area contributed by atoms with E-state index in [0.717, 1.165) is 6.07 Å². The lowest BCUT2D eigenvalue weighted by atomic mass is 10.0. The van der Waals surface area contributed by atoms with Crippen molar-refractivity contribution >= 4 is 11.8 Å². The maximum atomic E-state index is 13.5. The van der Waals surface area contributed by atoms with Crippen LogP contribution in [-0.4, -0.2) is 22.2 Å². The first-order valence-corrected chi connectivity index (χ1v) is 7.94. The molecule has 19 heavy (non-hydrogen) atoms. The first kappa shape index (κ1) is 14.8. The smallest absolute Gasteiger partial charge is 0.162 e. The molecule has 1 saturated carbocycles. The summed E-state index contributed by atoms with van der Waals surface area (Å²) >= 11 is 1.77. The number of thioether (sulfide) groups is 1. The number of aliphatic hydroxyl groups is 1. The molecule has 4 heteroatoms. The standard InChI is InChI=1S/C15H20F2OS/c16-14-8-4-5-11(15(14)17)9-12(18)10-19-13-6-2-1-3-7-13/h4-5,8,12-13,18H,1-3,6-7,9-10H2. The van der Waals surface area contributed by atoms with Gasteiger partial charge in [0.25, 0.3) is 0 Å². The molecular weight excluding hydrogens is 266 g/mol. The van der Waals surface area contributed by atoms with Crippen LogP contribution in [0.5, 0.6) is 0 Å². The summed E-state index contributed by atoms with van der Waals surface area (Å²) < 4.78 is 26.5. The molecule has 1 unspecified atom stereocenters. The van der Waals surface area contributed by atoms with E-state index in [0.29, 0.717) is 11.0 Å². The number of aliphatic hydroxyl groups excluding tert-OH is 1. The van der Waals surface area contributed by atoms with Gasteiger partial charge in [0.1, 0.15) is 0 Å². The first-order chi connectivity index (χ1) is 9.16. The molecule has 0 spiro atoms. The van der Waals surface area contributed by atoms with E-state index < -0.39 is 17.7 Å². The van der Waals surface area contributed by atoms with Crippen molar-refractivity contribution in [2.45, 2.75) is 49.9 Å². The van der Waals surface area contributed by atoms with E-state index >= 15 is 0 Å². The molecule has 1 nitrogen and oxygen atoms in total. The van der Waals surface area contributed by atoms with Crippen LogP contribution in [0.1, 0.15) is 37.7 Å². The number of hydrogen-bond acceptors (Lipinski definition) is 2. The van der Waals surface area contributed by atoms with Crippen LogP contribution in [-0.2, 0) is 6.42 Å². The summed E-state index contributed by atoms with van der Waals surface area (Å²) in [5.41, 5.74) is 0.261. The van der Waals surface area contributed by atoms with Gasteiger partial charge < -0.3 is 5.11 Å². The third kappa shape index (κ3) is 4.46. The Balaban J connectivity index is 1.80. The molecule has 1 fully saturated rings. The average molecular weight is 286 g/mol. The van der Waals surface area contributed by atoms with Gasteiger partial charge in [-0.25, -0.2) is 8.78 Å². The lowest BCUT2D eigenvalue weighted by molar-refractivity contribution is 0.198. The highest BCUT2D eigenvalue weighted by Crippen LogP contribution is 2.29. The lowest BCUT2D eigenvalue weighted by Gasteiger charge is -2.22. The summed E-state index contributed by atoms with van der Waals surface area (Å²) in [4.78, 5) is 0. The van der Waals surface area contributed by atoms with Crippen molar-refractivity contribution in [3.63, 3.8) is 0 Å². The molecular formula is C15H20F2OS. The van der Waals surface area contributed by atoms with E-state index in [1.54, 1.807) is 11.8 Å². The van der Waals surface area contributed by atoms with Crippen molar-refractivity contribution in [3.05, 3.63) is 35.4 Å². The predicted molar refractivity (Wildman–Crippen MR) is 75.4 cm³/mol. The van der Waals surface area contributed by atoms with Crippen molar-refractivity contribution in [3.8, 4) is 0 Å². The Morgan fingerprint density at radius 1 is 1.21 bits per heavy atom. The molecule has 0 aliphatic heterocycles. The zero-order valence-electron chi connectivity index (χ0n) is 10.9. The molecule has 0 bridgehead atoms. The number of benzene rings is 1. The van der Waals surface area contributed by atoms with E-state index in [4.69, 9.17) is 0 Å². The summed E-state index contributed by atoms with van der Waals surface area (Å²) in [7, 11) is 0. The Labute approximate surface area is 117 Å². The maximum Gasteiger partial charge on any atom is 0.162 e. The van der Waals surface area contributed by atoms with Crippen molar-refractivity contribution in [2.75, 3.05) is 5.75 Å². The van der Waals surface area contributed by atoms with Crippen LogP contribution in [0.15, 0.2) is 18.2 Å². The summed E-state index contributed by atoms with van der Waals surface area (Å²) in [6, 6.07) is 4.11. The number of halogens is 2. The minimum atomic E-state index is -0.843. The van der Waals surface area contributed by atoms with Gasteiger partial charge in [-0.3, -0.25) is 0 Å². The fourth-order valence-electron chi connectivity index (χ4n) is 2.50. The van der Waals surface area contributed by atoms with Crippen LogP contribution in [0.4, 0.5) is 8.78 Å². The third-order valence-electron chi connectivity index (χ3n) is 3.56. The van der Waals surface area contributed by atoms with Gasteiger partial charge >= 0.3 is 0 Å². The normalized spacial score (nSPS) is 18.5. The molecule has 0 aromatic heterocycles. The molecule has 1 aliphatic rings. The van der Waals surface area contributed by atoms with Gasteiger partial charge in [0.05, 0.1) is 6.10 Å². The zero-order chi connectivity index (χ0) is 13.7. The maximum absolute atomic E-state index is 13.5. The molecule has 106 valence electrons. The molecule has 0 heterocycles. The van der Waals surface area contributed by atoms with Gasteiger partial charge in [-0.2, -0.15) is 11.8 Å². The highest BCUT2D eigenvalue weighted by atomic mass is 32.2. The topological polar surface area (TPSA) is 20.2 Å². The SMILES string of the molecule is OC(CSC1CCCCC1)Cc1cccc(F)c1F. The summed E-state index contributed by atoms with van der Waals surface area (Å²) in [5, 5.41) is 10.6. The van der Waals surface area contributed by atoms with Crippen LogP contribution in [0.3, 0.4) is 0 Å². The van der Waals surface area contributed by atoms with Gasteiger partial charge in [-0.05, 0) is 24.5 Å². The minimum absolute atomic E-state index is 0.184. The van der Waals surface area contributed by atoms with Crippen LogP contribution in [0.2, 0.25) is 0 Å². The van der Waals surface area contributed by atoms with Gasteiger partial charge in [0.15, 0.2) is 11.6 Å². The lowest BCUT2D eigenvalue weighted by Crippen LogP contribution is -2.18. The van der Waals surface area contributed by atoms with Crippen LogP contribution < -0.4 is 0 Å². The van der Waals surface area contributed by atoms with Gasteiger partial charge in [0.2, 0.25) is 0 Å². The van der Waals surface area contributed by atoms with E-state index in [9.17, 15) is 13.9 Å². The summed E-state index contributed by atoms with van der Waals surface area (Å²) in [6.07, 6.45) is 5.86. The van der Waals surface area contributed by atoms with Gasteiger partial charge in [0, 0.05) is 17.4 Å². The summed E-state index contributed by atoms with van der Waals surface area (Å²) in [5.74, 6) is -1.07. The van der Waals surface area contributed by atoms with Crippen LogP contribution in [0, 0.1) is 11.6 Å². The molecule has 0 saturated heterocycles. The molecule has 1 N–H and O–H groups in total. The molecule has 1 aromatic rings. The molecule has 1 atom stereocenters. The zero-order valence-corrected chi connectivity index (χ0v) is 11.8. The van der Waals surface area contributed by atoms with Crippen LogP contribution >= 0.6 is 11.8 Å².